The van der Waals surface area contributed by atoms with Crippen molar-refractivity contribution < 1.29 is 14.6 Å². The third-order valence-corrected chi connectivity index (χ3v) is 5.67. The smallest absolute Gasteiger partial charge is 0.255 e. The number of carbonyl (C=O) groups excluding carboxylic acids is 1. The highest BCUT2D eigenvalue weighted by Crippen LogP contribution is 2.65. The summed E-state index contributed by atoms with van der Waals surface area (Å²) in [5.41, 5.74) is 0.985. The van der Waals surface area contributed by atoms with Gasteiger partial charge in [-0.15, -0.1) is 0 Å². The zero-order valence-electron chi connectivity index (χ0n) is 12.8. The Labute approximate surface area is 130 Å². The number of ether oxygens (including phenoxy) is 1. The quantitative estimate of drug-likeness (QED) is 0.821. The van der Waals surface area contributed by atoms with Gasteiger partial charge in [-0.2, -0.15) is 0 Å². The summed E-state index contributed by atoms with van der Waals surface area (Å²) in [6.45, 7) is 2.20. The van der Waals surface area contributed by atoms with Crippen molar-refractivity contribution in [1.82, 2.24) is 0 Å². The monoisotopic (exact) mass is 299 g/mol. The Morgan fingerprint density at radius 2 is 2.00 bits per heavy atom. The number of para-hydroxylation sites is 1. The lowest BCUT2D eigenvalue weighted by Crippen LogP contribution is -2.45. The van der Waals surface area contributed by atoms with Gasteiger partial charge in [-0.1, -0.05) is 38.0 Å². The second-order valence-corrected chi connectivity index (χ2v) is 7.02. The van der Waals surface area contributed by atoms with Crippen LogP contribution in [0.5, 0.6) is 0 Å². The van der Waals surface area contributed by atoms with E-state index in [1.54, 1.807) is 0 Å². The van der Waals surface area contributed by atoms with E-state index < -0.39 is 0 Å². The topological polar surface area (TPSA) is 61.9 Å². The van der Waals surface area contributed by atoms with E-state index in [0.717, 1.165) is 24.9 Å². The van der Waals surface area contributed by atoms with E-state index in [4.69, 9.17) is 4.74 Å². The summed E-state index contributed by atoms with van der Waals surface area (Å²) in [6, 6.07) is 9.35. The molecule has 1 saturated heterocycles. The average molecular weight is 299 g/mol. The molecule has 1 amide bonds. The summed E-state index contributed by atoms with van der Waals surface area (Å²) in [7, 11) is 0. The fraction of sp³-hybridized carbons (Fsp3) is 0.500. The van der Waals surface area contributed by atoms with Crippen molar-refractivity contribution in [1.29, 1.82) is 0 Å². The zero-order valence-corrected chi connectivity index (χ0v) is 12.8. The maximum atomic E-state index is 12.6. The lowest BCUT2D eigenvalue weighted by molar-refractivity contribution is -0.113. The summed E-state index contributed by atoms with van der Waals surface area (Å²) < 4.78 is 5.93. The van der Waals surface area contributed by atoms with Gasteiger partial charge in [-0.3, -0.25) is 4.79 Å². The largest absolute Gasteiger partial charge is 0.509 e. The number of anilines is 1. The maximum absolute atomic E-state index is 12.6. The predicted octanol–water partition coefficient (Wildman–Crippen LogP) is 3.56. The molecule has 1 aromatic carbocycles. The highest BCUT2D eigenvalue weighted by Gasteiger charge is 2.71. The first-order valence-corrected chi connectivity index (χ1v) is 8.02. The molecule has 1 saturated carbocycles. The number of hydrogen-bond donors (Lipinski definition) is 2. The van der Waals surface area contributed by atoms with Crippen molar-refractivity contribution in [2.24, 2.45) is 5.41 Å². The Morgan fingerprint density at radius 3 is 2.77 bits per heavy atom. The number of rotatable bonds is 2. The van der Waals surface area contributed by atoms with Crippen molar-refractivity contribution in [3.63, 3.8) is 0 Å². The van der Waals surface area contributed by atoms with Crippen molar-refractivity contribution in [2.75, 3.05) is 5.32 Å². The lowest BCUT2D eigenvalue weighted by Gasteiger charge is -2.42. The average Bonchev–Trinajstić information content (AvgIpc) is 3.25. The van der Waals surface area contributed by atoms with Crippen molar-refractivity contribution in [2.45, 2.75) is 50.7 Å². The van der Waals surface area contributed by atoms with E-state index in [9.17, 15) is 9.90 Å². The Morgan fingerprint density at radius 1 is 1.27 bits per heavy atom. The molecule has 1 aromatic rings. The highest BCUT2D eigenvalue weighted by molar-refractivity contribution is 6.04. The van der Waals surface area contributed by atoms with Crippen LogP contribution in [0.1, 0.15) is 39.0 Å². The molecule has 1 aliphatic heterocycles. The first-order chi connectivity index (χ1) is 10.6. The van der Waals surface area contributed by atoms with E-state index in [2.05, 4.69) is 12.2 Å². The molecule has 3 atom stereocenters. The van der Waals surface area contributed by atoms with Crippen molar-refractivity contribution in [3.8, 4) is 0 Å². The maximum Gasteiger partial charge on any atom is 0.255 e. The minimum Gasteiger partial charge on any atom is -0.509 e. The van der Waals surface area contributed by atoms with Gasteiger partial charge in [0.15, 0.2) is 0 Å². The molecular formula is C18H21NO3. The van der Waals surface area contributed by atoms with Crippen LogP contribution in [0.15, 0.2) is 41.7 Å². The molecule has 2 fully saturated rings. The standard InChI is InChI=1S/C18H21NO3/c1-17-9-5-6-10-18(17)15(22-18)14(20)13(11-17)16(21)19-12-7-3-2-4-8-12/h2-4,7-8,15,20H,5-6,9-11H2,1H3,(H,19,21)/t15-,17+,18-/m1/s1. The van der Waals surface area contributed by atoms with Crippen LogP contribution in [0.4, 0.5) is 5.69 Å². The lowest BCUT2D eigenvalue weighted by atomic mass is 9.60. The number of aliphatic hydroxyl groups is 1. The molecule has 0 aromatic heterocycles. The number of aliphatic hydroxyl groups excluding tert-OH is 1. The zero-order chi connectivity index (χ0) is 15.4. The Hall–Kier alpha value is -1.81. The van der Waals surface area contributed by atoms with Crippen LogP contribution in [-0.4, -0.2) is 22.7 Å². The minimum atomic E-state index is -0.275. The molecule has 0 radical (unpaired) electrons. The number of epoxide rings is 1. The molecule has 116 valence electrons. The second kappa shape index (κ2) is 4.59. The molecule has 4 rings (SSSR count). The summed E-state index contributed by atoms with van der Waals surface area (Å²) in [5, 5.41) is 13.3. The van der Waals surface area contributed by atoms with E-state index in [1.807, 2.05) is 30.3 Å². The molecule has 0 unspecified atom stereocenters. The summed E-state index contributed by atoms with van der Waals surface area (Å²) in [5.74, 6) is -0.0626. The van der Waals surface area contributed by atoms with Crippen LogP contribution >= 0.6 is 0 Å². The second-order valence-electron chi connectivity index (χ2n) is 7.02. The van der Waals surface area contributed by atoms with Crippen LogP contribution in [-0.2, 0) is 9.53 Å². The predicted molar refractivity (Wildman–Crippen MR) is 83.5 cm³/mol. The highest BCUT2D eigenvalue weighted by atomic mass is 16.6. The van der Waals surface area contributed by atoms with Gasteiger partial charge >= 0.3 is 0 Å². The molecular weight excluding hydrogens is 278 g/mol. The van der Waals surface area contributed by atoms with Gasteiger partial charge in [-0.25, -0.2) is 0 Å². The van der Waals surface area contributed by atoms with Crippen molar-refractivity contribution in [3.05, 3.63) is 41.7 Å². The number of amides is 1. The Bertz CT molecular complexity index is 654. The molecule has 3 aliphatic rings. The van der Waals surface area contributed by atoms with Gasteiger partial charge in [0.25, 0.3) is 5.91 Å². The van der Waals surface area contributed by atoms with Gasteiger partial charge in [0, 0.05) is 11.1 Å². The molecule has 1 heterocycles. The molecule has 1 spiro atoms. The Balaban J connectivity index is 1.62. The molecule has 4 nitrogen and oxygen atoms in total. The first-order valence-electron chi connectivity index (χ1n) is 8.02. The number of nitrogens with one attached hydrogen (secondary N) is 1. The summed E-state index contributed by atoms with van der Waals surface area (Å²) in [6.07, 6.45) is 4.68. The normalized spacial score (nSPS) is 36.3. The molecule has 22 heavy (non-hydrogen) atoms. The van der Waals surface area contributed by atoms with E-state index >= 15 is 0 Å². The third kappa shape index (κ3) is 1.83. The molecule has 4 heteroatoms. The summed E-state index contributed by atoms with van der Waals surface area (Å²) in [4.78, 5) is 12.6. The van der Waals surface area contributed by atoms with E-state index in [0.29, 0.717) is 12.0 Å². The fourth-order valence-electron chi connectivity index (χ4n) is 4.32. The van der Waals surface area contributed by atoms with Gasteiger partial charge < -0.3 is 15.2 Å². The molecule has 0 bridgehead atoms. The van der Waals surface area contributed by atoms with Crippen LogP contribution < -0.4 is 5.32 Å². The first kappa shape index (κ1) is 13.8. The fourth-order valence-corrected chi connectivity index (χ4v) is 4.32. The van der Waals surface area contributed by atoms with Gasteiger partial charge in [0.2, 0.25) is 0 Å². The number of carbonyl (C=O) groups is 1. The van der Waals surface area contributed by atoms with Gasteiger partial charge in [0.05, 0.1) is 5.57 Å². The van der Waals surface area contributed by atoms with Crippen LogP contribution in [0.2, 0.25) is 0 Å². The van der Waals surface area contributed by atoms with Crippen molar-refractivity contribution >= 4 is 11.6 Å². The van der Waals surface area contributed by atoms with Crippen LogP contribution in [0.3, 0.4) is 0 Å². The minimum absolute atomic E-state index is 0.0362. The van der Waals surface area contributed by atoms with E-state index in [1.165, 1.54) is 6.42 Å². The van der Waals surface area contributed by atoms with Gasteiger partial charge in [0.1, 0.15) is 17.5 Å². The SMILES string of the molecule is C[C@@]12CCCC[C@]13O[C@@H]3C(O)=C(C(=O)Nc1ccccc1)C2. The van der Waals surface area contributed by atoms with Gasteiger partial charge in [-0.05, 0) is 31.4 Å². The van der Waals surface area contributed by atoms with Crippen LogP contribution in [0.25, 0.3) is 0 Å². The Kier molecular flexibility index (Phi) is 2.89. The van der Waals surface area contributed by atoms with Crippen LogP contribution in [0, 0.1) is 5.41 Å². The van der Waals surface area contributed by atoms with E-state index in [-0.39, 0.29) is 28.8 Å². The third-order valence-electron chi connectivity index (χ3n) is 5.67. The summed E-state index contributed by atoms with van der Waals surface area (Å²) >= 11 is 0. The molecule has 2 aliphatic carbocycles. The number of hydrogen-bond acceptors (Lipinski definition) is 3. The molecule has 2 N–H and O–H groups in total. The number of benzene rings is 1.